The van der Waals surface area contributed by atoms with Crippen molar-refractivity contribution >= 4 is 34.4 Å². The van der Waals surface area contributed by atoms with Crippen LogP contribution in [0.1, 0.15) is 12.5 Å². The van der Waals surface area contributed by atoms with Crippen molar-refractivity contribution in [3.05, 3.63) is 49.6 Å². The summed E-state index contributed by atoms with van der Waals surface area (Å²) in [5, 5.41) is 0.640. The van der Waals surface area contributed by atoms with Crippen LogP contribution in [0.3, 0.4) is 0 Å². The highest BCUT2D eigenvalue weighted by Gasteiger charge is 2.30. The van der Waals surface area contributed by atoms with Crippen LogP contribution < -0.4 is 16.1 Å². The Labute approximate surface area is 172 Å². The Morgan fingerprint density at radius 1 is 1.28 bits per heavy atom. The van der Waals surface area contributed by atoms with Crippen molar-refractivity contribution in [2.45, 2.75) is 26.9 Å². The maximum Gasteiger partial charge on any atom is 0.332 e. The van der Waals surface area contributed by atoms with Crippen molar-refractivity contribution in [2.24, 2.45) is 13.0 Å². The average molecular weight is 418 g/mol. The molecular formula is C20H24ClN5O3. The minimum Gasteiger partial charge on any atom is -0.383 e. The smallest absolute Gasteiger partial charge is 0.332 e. The lowest BCUT2D eigenvalue weighted by Crippen LogP contribution is -2.41. The molecule has 8 nitrogen and oxygen atoms in total. The summed E-state index contributed by atoms with van der Waals surface area (Å²) >= 11 is 6.25. The number of halogens is 1. The van der Waals surface area contributed by atoms with Crippen molar-refractivity contribution in [2.75, 3.05) is 25.2 Å². The van der Waals surface area contributed by atoms with E-state index in [9.17, 15) is 9.59 Å². The first-order valence-electron chi connectivity index (χ1n) is 9.56. The summed E-state index contributed by atoms with van der Waals surface area (Å²) in [7, 11) is 3.19. The maximum atomic E-state index is 13.2. The van der Waals surface area contributed by atoms with E-state index in [1.54, 1.807) is 14.2 Å². The number of anilines is 2. The number of imidazole rings is 1. The molecule has 0 radical (unpaired) electrons. The molecule has 1 aromatic carbocycles. The highest BCUT2D eigenvalue weighted by Crippen LogP contribution is 2.35. The quantitative estimate of drug-likeness (QED) is 0.651. The molecule has 29 heavy (non-hydrogen) atoms. The van der Waals surface area contributed by atoms with Crippen LogP contribution in [0.2, 0.25) is 5.02 Å². The molecule has 0 spiro atoms. The number of rotatable bonds is 4. The molecule has 4 rings (SSSR count). The fraction of sp³-hybridized carbons (Fsp3) is 0.450. The summed E-state index contributed by atoms with van der Waals surface area (Å²) in [6, 6.07) is 5.74. The minimum absolute atomic E-state index is 0.200. The molecule has 0 saturated carbocycles. The first-order chi connectivity index (χ1) is 13.8. The van der Waals surface area contributed by atoms with Crippen LogP contribution in [-0.2, 0) is 24.9 Å². The molecule has 3 heterocycles. The van der Waals surface area contributed by atoms with E-state index in [0.29, 0.717) is 28.7 Å². The van der Waals surface area contributed by atoms with Crippen LogP contribution in [0.15, 0.2) is 27.8 Å². The second-order valence-corrected chi connectivity index (χ2v) is 8.07. The Hall–Kier alpha value is -2.58. The summed E-state index contributed by atoms with van der Waals surface area (Å²) in [5.74, 6) is 0.933. The summed E-state index contributed by atoms with van der Waals surface area (Å²) in [4.78, 5) is 32.7. The lowest BCUT2D eigenvalue weighted by molar-refractivity contribution is 0.184. The van der Waals surface area contributed by atoms with E-state index in [1.807, 2.05) is 29.7 Å². The highest BCUT2D eigenvalue weighted by molar-refractivity contribution is 6.30. The molecule has 0 unspecified atom stereocenters. The fourth-order valence-corrected chi connectivity index (χ4v) is 4.13. The van der Waals surface area contributed by atoms with Crippen LogP contribution in [0, 0.1) is 12.8 Å². The van der Waals surface area contributed by atoms with Gasteiger partial charge in [-0.3, -0.25) is 13.9 Å². The number of fused-ring (bicyclic) bond motifs is 3. The molecule has 0 bridgehead atoms. The summed E-state index contributed by atoms with van der Waals surface area (Å²) in [6.45, 7) is 6.03. The standard InChI is InChI=1S/C20H24ClN5O3/c1-12-10-25(15-9-14(21)6-5-13(15)2)19-22-17-16(26(19)11-12)18(27)24(7-8-29-4)20(28)23(17)3/h5-6,9,12H,7-8,10-11H2,1-4H3/t12-/m1/s1. The molecule has 0 amide bonds. The third-order valence-electron chi connectivity index (χ3n) is 5.42. The largest absolute Gasteiger partial charge is 0.383 e. The van der Waals surface area contributed by atoms with Gasteiger partial charge in [0.15, 0.2) is 11.2 Å². The lowest BCUT2D eigenvalue weighted by Gasteiger charge is -2.33. The van der Waals surface area contributed by atoms with Gasteiger partial charge in [0.2, 0.25) is 5.95 Å². The van der Waals surface area contributed by atoms with Crippen molar-refractivity contribution in [3.63, 3.8) is 0 Å². The van der Waals surface area contributed by atoms with Gasteiger partial charge in [-0.1, -0.05) is 24.6 Å². The molecule has 1 aliphatic rings. The Morgan fingerprint density at radius 3 is 2.76 bits per heavy atom. The van der Waals surface area contributed by atoms with Gasteiger partial charge in [-0.2, -0.15) is 4.98 Å². The van der Waals surface area contributed by atoms with E-state index in [-0.39, 0.29) is 24.6 Å². The number of aryl methyl sites for hydroxylation is 2. The minimum atomic E-state index is -0.395. The van der Waals surface area contributed by atoms with E-state index >= 15 is 0 Å². The van der Waals surface area contributed by atoms with E-state index in [4.69, 9.17) is 21.3 Å². The number of methoxy groups -OCH3 is 1. The summed E-state index contributed by atoms with van der Waals surface area (Å²) < 4.78 is 9.65. The van der Waals surface area contributed by atoms with E-state index < -0.39 is 5.69 Å². The first-order valence-corrected chi connectivity index (χ1v) is 9.94. The van der Waals surface area contributed by atoms with Crippen molar-refractivity contribution in [1.29, 1.82) is 0 Å². The summed E-state index contributed by atoms with van der Waals surface area (Å²) in [6.07, 6.45) is 0. The molecular weight excluding hydrogens is 394 g/mol. The summed E-state index contributed by atoms with van der Waals surface area (Å²) in [5.41, 5.74) is 2.11. The third-order valence-corrected chi connectivity index (χ3v) is 5.66. The fourth-order valence-electron chi connectivity index (χ4n) is 3.96. The predicted molar refractivity (Wildman–Crippen MR) is 113 cm³/mol. The SMILES string of the molecule is COCCn1c(=O)c2c(nc3n2C[C@H](C)CN3c2cc(Cl)ccc2C)n(C)c1=O. The molecule has 0 aliphatic carbocycles. The molecule has 2 aromatic heterocycles. The predicted octanol–water partition coefficient (Wildman–Crippen LogP) is 2.29. The Kier molecular flexibility index (Phi) is 5.00. The van der Waals surface area contributed by atoms with Gasteiger partial charge in [-0.25, -0.2) is 4.79 Å². The molecule has 3 aromatic rings. The van der Waals surface area contributed by atoms with Gasteiger partial charge in [0.25, 0.3) is 5.56 Å². The molecule has 9 heteroatoms. The monoisotopic (exact) mass is 417 g/mol. The first kappa shape index (κ1) is 19.7. The van der Waals surface area contributed by atoms with Crippen LogP contribution >= 0.6 is 11.6 Å². The normalized spacial score (nSPS) is 16.4. The van der Waals surface area contributed by atoms with Gasteiger partial charge in [0, 0.05) is 38.0 Å². The number of nitrogens with zero attached hydrogens (tertiary/aromatic N) is 5. The van der Waals surface area contributed by atoms with Crippen LogP contribution in [0.4, 0.5) is 11.6 Å². The van der Waals surface area contributed by atoms with Crippen LogP contribution in [0.25, 0.3) is 11.2 Å². The zero-order valence-electron chi connectivity index (χ0n) is 17.0. The Morgan fingerprint density at radius 2 is 2.03 bits per heavy atom. The molecule has 154 valence electrons. The molecule has 1 aliphatic heterocycles. The maximum absolute atomic E-state index is 13.2. The number of hydrogen-bond acceptors (Lipinski definition) is 5. The number of ether oxygens (including phenoxy) is 1. The van der Waals surface area contributed by atoms with Gasteiger partial charge in [0.05, 0.1) is 13.2 Å². The zero-order chi connectivity index (χ0) is 20.9. The molecule has 1 atom stereocenters. The van der Waals surface area contributed by atoms with E-state index in [1.165, 1.54) is 9.13 Å². The molecule has 0 saturated heterocycles. The van der Waals surface area contributed by atoms with Gasteiger partial charge in [0.1, 0.15) is 0 Å². The van der Waals surface area contributed by atoms with E-state index in [2.05, 4.69) is 11.8 Å². The number of aromatic nitrogens is 4. The number of benzene rings is 1. The van der Waals surface area contributed by atoms with E-state index in [0.717, 1.165) is 17.8 Å². The van der Waals surface area contributed by atoms with Crippen LogP contribution in [0.5, 0.6) is 0 Å². The highest BCUT2D eigenvalue weighted by atomic mass is 35.5. The van der Waals surface area contributed by atoms with Crippen LogP contribution in [-0.4, -0.2) is 38.9 Å². The second kappa shape index (κ2) is 7.35. The molecule has 0 fully saturated rings. The van der Waals surface area contributed by atoms with Gasteiger partial charge in [-0.15, -0.1) is 0 Å². The topological polar surface area (TPSA) is 74.3 Å². The Balaban J connectivity index is 2.00. The zero-order valence-corrected chi connectivity index (χ0v) is 17.7. The lowest BCUT2D eigenvalue weighted by atomic mass is 10.1. The van der Waals surface area contributed by atoms with Gasteiger partial charge < -0.3 is 14.2 Å². The Bertz CT molecular complexity index is 1210. The number of hydrogen-bond donors (Lipinski definition) is 0. The van der Waals surface area contributed by atoms with Gasteiger partial charge >= 0.3 is 5.69 Å². The van der Waals surface area contributed by atoms with Crippen molar-refractivity contribution in [3.8, 4) is 0 Å². The van der Waals surface area contributed by atoms with Gasteiger partial charge in [-0.05, 0) is 30.5 Å². The van der Waals surface area contributed by atoms with Crippen molar-refractivity contribution in [1.82, 2.24) is 18.7 Å². The average Bonchev–Trinajstić information content (AvgIpc) is 3.07. The molecule has 0 N–H and O–H groups in total. The van der Waals surface area contributed by atoms with Crippen molar-refractivity contribution < 1.29 is 4.74 Å². The second-order valence-electron chi connectivity index (χ2n) is 7.63. The third kappa shape index (κ3) is 3.16.